The molecule has 1 aliphatic rings. The quantitative estimate of drug-likeness (QED) is 0.598. The molecule has 2 heterocycles. The van der Waals surface area contributed by atoms with Crippen molar-refractivity contribution in [2.45, 2.75) is 25.7 Å². The van der Waals surface area contributed by atoms with Crippen LogP contribution in [-0.2, 0) is 12.8 Å². The molecule has 0 radical (unpaired) electrons. The summed E-state index contributed by atoms with van der Waals surface area (Å²) in [4.78, 5) is 7.32. The van der Waals surface area contributed by atoms with Gasteiger partial charge in [0.1, 0.15) is 0 Å². The number of benzene rings is 1. The summed E-state index contributed by atoms with van der Waals surface area (Å²) in [5.41, 5.74) is 3.41. The smallest absolute Gasteiger partial charge is 0.194 e. The summed E-state index contributed by atoms with van der Waals surface area (Å²) < 4.78 is 2.25. The summed E-state index contributed by atoms with van der Waals surface area (Å²) in [6, 6.07) is 5.66. The van der Waals surface area contributed by atoms with Gasteiger partial charge in [-0.15, -0.1) is 11.3 Å². The molecule has 102 valence electrons. The molecule has 0 unspecified atom stereocenters. The summed E-state index contributed by atoms with van der Waals surface area (Å²) in [5, 5.41) is 1.15. The van der Waals surface area contributed by atoms with Crippen LogP contribution in [0.25, 0.3) is 16.2 Å². The number of halogens is 2. The molecule has 4 rings (SSSR count). The number of imidazole rings is 1. The van der Waals surface area contributed by atoms with Crippen molar-refractivity contribution in [1.29, 1.82) is 0 Å². The van der Waals surface area contributed by atoms with Crippen LogP contribution in [0.5, 0.6) is 0 Å². The van der Waals surface area contributed by atoms with Gasteiger partial charge in [-0.2, -0.15) is 0 Å². The molecule has 0 N–H and O–H groups in total. The van der Waals surface area contributed by atoms with Crippen LogP contribution >= 0.6 is 34.5 Å². The lowest BCUT2D eigenvalue weighted by atomic mass is 10.0. The van der Waals surface area contributed by atoms with Crippen LogP contribution < -0.4 is 0 Å². The molecule has 1 aliphatic carbocycles. The number of hydrogen-bond donors (Lipinski definition) is 0. The van der Waals surface area contributed by atoms with Crippen LogP contribution in [0.2, 0.25) is 10.0 Å². The Morgan fingerprint density at radius 3 is 2.80 bits per heavy atom. The Kier molecular flexibility index (Phi) is 3.02. The lowest BCUT2D eigenvalue weighted by Gasteiger charge is -2.09. The van der Waals surface area contributed by atoms with E-state index in [0.29, 0.717) is 10.0 Å². The van der Waals surface area contributed by atoms with Gasteiger partial charge in [0.2, 0.25) is 0 Å². The molecule has 5 heteroatoms. The number of nitrogens with zero attached hydrogens (tertiary/aromatic N) is 2. The van der Waals surface area contributed by atoms with Crippen LogP contribution in [0.3, 0.4) is 0 Å². The SMILES string of the molecule is Clc1ccc(-c2cn3c4c(sc3n2)CCCC4)cc1Cl. The molecule has 0 spiro atoms. The van der Waals surface area contributed by atoms with Gasteiger partial charge in [0, 0.05) is 22.3 Å². The average Bonchev–Trinajstić information content (AvgIpc) is 2.99. The highest BCUT2D eigenvalue weighted by atomic mass is 35.5. The van der Waals surface area contributed by atoms with E-state index >= 15 is 0 Å². The number of hydrogen-bond acceptors (Lipinski definition) is 2. The first kappa shape index (κ1) is 12.7. The monoisotopic (exact) mass is 322 g/mol. The average molecular weight is 323 g/mol. The molecule has 1 aromatic carbocycles. The first-order valence-electron chi connectivity index (χ1n) is 6.67. The van der Waals surface area contributed by atoms with E-state index in [9.17, 15) is 0 Å². The number of aromatic nitrogens is 2. The summed E-state index contributed by atoms with van der Waals surface area (Å²) in [6.07, 6.45) is 7.06. The molecule has 2 nitrogen and oxygen atoms in total. The van der Waals surface area contributed by atoms with Crippen LogP contribution in [0.15, 0.2) is 24.4 Å². The molecule has 0 saturated carbocycles. The number of thiazole rings is 1. The third-order valence-electron chi connectivity index (χ3n) is 3.78. The summed E-state index contributed by atoms with van der Waals surface area (Å²) >= 11 is 13.9. The third kappa shape index (κ3) is 1.96. The van der Waals surface area contributed by atoms with Gasteiger partial charge >= 0.3 is 0 Å². The lowest BCUT2D eigenvalue weighted by Crippen LogP contribution is -2.01. The fourth-order valence-corrected chi connectivity index (χ4v) is 4.25. The molecule has 20 heavy (non-hydrogen) atoms. The lowest BCUT2D eigenvalue weighted by molar-refractivity contribution is 0.674. The molecule has 0 amide bonds. The number of rotatable bonds is 1. The molecular formula is C15H12Cl2N2S. The third-order valence-corrected chi connectivity index (χ3v) is 5.68. The molecule has 2 aromatic heterocycles. The van der Waals surface area contributed by atoms with E-state index < -0.39 is 0 Å². The fourth-order valence-electron chi connectivity index (χ4n) is 2.76. The van der Waals surface area contributed by atoms with E-state index in [2.05, 4.69) is 10.6 Å². The molecule has 0 saturated heterocycles. The van der Waals surface area contributed by atoms with E-state index in [-0.39, 0.29) is 0 Å². The largest absolute Gasteiger partial charge is 0.294 e. The Labute approximate surface area is 131 Å². The normalized spacial score (nSPS) is 14.7. The van der Waals surface area contributed by atoms with Crippen LogP contribution in [0.4, 0.5) is 0 Å². The highest BCUT2D eigenvalue weighted by Gasteiger charge is 2.18. The van der Waals surface area contributed by atoms with E-state index in [1.54, 1.807) is 0 Å². The molecule has 0 bridgehead atoms. The molecule has 0 aliphatic heterocycles. The summed E-state index contributed by atoms with van der Waals surface area (Å²) in [7, 11) is 0. The Balaban J connectivity index is 1.84. The second-order valence-corrected chi connectivity index (χ2v) is 6.96. The maximum Gasteiger partial charge on any atom is 0.194 e. The van der Waals surface area contributed by atoms with Crippen LogP contribution in [0.1, 0.15) is 23.4 Å². The van der Waals surface area contributed by atoms with Crippen molar-refractivity contribution in [3.8, 4) is 11.3 Å². The van der Waals surface area contributed by atoms with E-state index in [1.165, 1.54) is 29.8 Å². The van der Waals surface area contributed by atoms with Crippen molar-refractivity contribution in [3.05, 3.63) is 45.0 Å². The minimum Gasteiger partial charge on any atom is -0.294 e. The first-order valence-corrected chi connectivity index (χ1v) is 8.25. The number of fused-ring (bicyclic) bond motifs is 3. The van der Waals surface area contributed by atoms with E-state index in [1.807, 2.05) is 29.5 Å². The van der Waals surface area contributed by atoms with E-state index in [0.717, 1.165) is 22.6 Å². The topological polar surface area (TPSA) is 17.3 Å². The minimum atomic E-state index is 0.572. The summed E-state index contributed by atoms with van der Waals surface area (Å²) in [6.45, 7) is 0. The van der Waals surface area contributed by atoms with Gasteiger partial charge in [-0.05, 0) is 37.8 Å². The Morgan fingerprint density at radius 2 is 1.95 bits per heavy atom. The van der Waals surface area contributed by atoms with Crippen molar-refractivity contribution in [2.24, 2.45) is 0 Å². The number of aryl methyl sites for hydroxylation is 2. The van der Waals surface area contributed by atoms with Gasteiger partial charge < -0.3 is 0 Å². The van der Waals surface area contributed by atoms with Gasteiger partial charge in [0.25, 0.3) is 0 Å². The minimum absolute atomic E-state index is 0.572. The van der Waals surface area contributed by atoms with Gasteiger partial charge in [-0.25, -0.2) is 4.98 Å². The molecule has 0 fully saturated rings. The molecular weight excluding hydrogens is 311 g/mol. The predicted molar refractivity (Wildman–Crippen MR) is 85.2 cm³/mol. The first-order chi connectivity index (χ1) is 9.72. The maximum atomic E-state index is 6.09. The van der Waals surface area contributed by atoms with Crippen molar-refractivity contribution >= 4 is 39.5 Å². The second kappa shape index (κ2) is 4.76. The van der Waals surface area contributed by atoms with Crippen molar-refractivity contribution in [1.82, 2.24) is 9.38 Å². The zero-order chi connectivity index (χ0) is 13.7. The van der Waals surface area contributed by atoms with Crippen molar-refractivity contribution < 1.29 is 0 Å². The van der Waals surface area contributed by atoms with E-state index in [4.69, 9.17) is 28.2 Å². The van der Waals surface area contributed by atoms with Gasteiger partial charge in [-0.3, -0.25) is 4.40 Å². The highest BCUT2D eigenvalue weighted by Crippen LogP contribution is 2.33. The van der Waals surface area contributed by atoms with Crippen LogP contribution in [-0.4, -0.2) is 9.38 Å². The standard InChI is InChI=1S/C15H12Cl2N2S/c16-10-6-5-9(7-11(10)17)12-8-19-13-3-1-2-4-14(13)20-15(19)18-12/h5-8H,1-4H2. The Hall–Kier alpha value is -1.03. The van der Waals surface area contributed by atoms with Gasteiger partial charge in [-0.1, -0.05) is 29.3 Å². The molecule has 3 aromatic rings. The van der Waals surface area contributed by atoms with Crippen molar-refractivity contribution in [2.75, 3.05) is 0 Å². The van der Waals surface area contributed by atoms with Gasteiger partial charge in [0.15, 0.2) is 4.96 Å². The zero-order valence-corrected chi connectivity index (χ0v) is 13.0. The van der Waals surface area contributed by atoms with Crippen molar-refractivity contribution in [3.63, 3.8) is 0 Å². The summed E-state index contributed by atoms with van der Waals surface area (Å²) in [5.74, 6) is 0. The highest BCUT2D eigenvalue weighted by molar-refractivity contribution is 7.17. The second-order valence-electron chi connectivity index (χ2n) is 5.09. The Bertz CT molecular complexity index is 804. The molecule has 0 atom stereocenters. The maximum absolute atomic E-state index is 6.09. The Morgan fingerprint density at radius 1 is 1.10 bits per heavy atom. The van der Waals surface area contributed by atoms with Gasteiger partial charge in [0.05, 0.1) is 15.7 Å². The zero-order valence-electron chi connectivity index (χ0n) is 10.7. The fraction of sp³-hybridized carbons (Fsp3) is 0.267. The predicted octanol–water partition coefficient (Wildman–Crippen LogP) is 5.25. The van der Waals surface area contributed by atoms with Crippen LogP contribution in [0, 0.1) is 0 Å².